The van der Waals surface area contributed by atoms with E-state index in [-0.39, 0.29) is 5.56 Å². The zero-order valence-electron chi connectivity index (χ0n) is 6.93. The average molecular weight is 189 g/mol. The predicted molar refractivity (Wildman–Crippen MR) is 44.1 cm³/mol. The number of halogens is 3. The van der Waals surface area contributed by atoms with E-state index in [2.05, 4.69) is 0 Å². The maximum Gasteiger partial charge on any atom is 0.264 e. The van der Waals surface area contributed by atoms with E-state index in [9.17, 15) is 13.2 Å². The Kier molecular flexibility index (Phi) is 2.93. The summed E-state index contributed by atoms with van der Waals surface area (Å²) in [4.78, 5) is 0. The van der Waals surface area contributed by atoms with E-state index in [1.807, 2.05) is 0 Å². The molecule has 0 spiro atoms. The molecule has 13 heavy (non-hydrogen) atoms. The topological polar surface area (TPSA) is 26.0 Å². The molecule has 0 atom stereocenters. The zero-order chi connectivity index (χ0) is 9.90. The maximum absolute atomic E-state index is 12.9. The Balaban J connectivity index is 2.80. The fourth-order valence-electron chi connectivity index (χ4n) is 0.993. The van der Waals surface area contributed by atoms with Crippen LogP contribution < -0.4 is 5.73 Å². The van der Waals surface area contributed by atoms with E-state index in [0.717, 1.165) is 6.07 Å². The molecule has 0 fully saturated rings. The third kappa shape index (κ3) is 2.73. The average Bonchev–Trinajstić information content (AvgIpc) is 2.09. The first kappa shape index (κ1) is 10.1. The van der Waals surface area contributed by atoms with Crippen molar-refractivity contribution in [1.29, 1.82) is 0 Å². The smallest absolute Gasteiger partial charge is 0.264 e. The normalized spacial score (nSPS) is 11.7. The summed E-state index contributed by atoms with van der Waals surface area (Å²) in [7, 11) is 0. The molecule has 0 aliphatic rings. The molecule has 0 saturated heterocycles. The van der Waals surface area contributed by atoms with Gasteiger partial charge in [-0.1, -0.05) is 18.2 Å². The minimum absolute atomic E-state index is 0.00190. The standard InChI is InChI=1S/C9H10F3N/c10-8-4-2-1-3-7(8)5-9(11,12)6-13/h1-4H,5-6,13H2. The first-order chi connectivity index (χ1) is 6.05. The van der Waals surface area contributed by atoms with Crippen LogP contribution in [0.5, 0.6) is 0 Å². The lowest BCUT2D eigenvalue weighted by molar-refractivity contribution is 0.0107. The van der Waals surface area contributed by atoms with Gasteiger partial charge in [0.2, 0.25) is 0 Å². The number of nitrogens with two attached hydrogens (primary N) is 1. The van der Waals surface area contributed by atoms with E-state index in [1.165, 1.54) is 18.2 Å². The summed E-state index contributed by atoms with van der Waals surface area (Å²) in [5, 5.41) is 0. The Labute approximate surface area is 74.4 Å². The van der Waals surface area contributed by atoms with Crippen LogP contribution >= 0.6 is 0 Å². The largest absolute Gasteiger partial charge is 0.325 e. The van der Waals surface area contributed by atoms with Gasteiger partial charge in [0, 0.05) is 6.42 Å². The molecule has 0 saturated carbocycles. The van der Waals surface area contributed by atoms with E-state index in [1.54, 1.807) is 0 Å². The molecule has 0 radical (unpaired) electrons. The molecule has 0 bridgehead atoms. The van der Waals surface area contributed by atoms with Gasteiger partial charge in [0.15, 0.2) is 0 Å². The Hall–Kier alpha value is -1.03. The van der Waals surface area contributed by atoms with Gasteiger partial charge < -0.3 is 5.73 Å². The van der Waals surface area contributed by atoms with Gasteiger partial charge in [0.05, 0.1) is 6.54 Å². The SMILES string of the molecule is NCC(F)(F)Cc1ccccc1F. The van der Waals surface area contributed by atoms with Gasteiger partial charge >= 0.3 is 0 Å². The minimum atomic E-state index is -3.03. The highest BCUT2D eigenvalue weighted by Crippen LogP contribution is 2.20. The van der Waals surface area contributed by atoms with Crippen LogP contribution in [0.2, 0.25) is 0 Å². The van der Waals surface area contributed by atoms with Gasteiger partial charge in [-0.15, -0.1) is 0 Å². The summed E-state index contributed by atoms with van der Waals surface area (Å²) in [5.74, 6) is -3.64. The van der Waals surface area contributed by atoms with Gasteiger partial charge in [0.25, 0.3) is 5.92 Å². The zero-order valence-corrected chi connectivity index (χ0v) is 6.93. The molecule has 1 aromatic rings. The lowest BCUT2D eigenvalue weighted by atomic mass is 10.1. The van der Waals surface area contributed by atoms with Crippen molar-refractivity contribution in [3.8, 4) is 0 Å². The summed E-state index contributed by atoms with van der Waals surface area (Å²) in [6.07, 6.45) is -0.643. The molecule has 0 unspecified atom stereocenters. The van der Waals surface area contributed by atoms with E-state index in [4.69, 9.17) is 5.73 Å². The summed E-state index contributed by atoms with van der Waals surface area (Å²) in [6, 6.07) is 5.46. The van der Waals surface area contributed by atoms with Crippen molar-refractivity contribution in [2.75, 3.05) is 6.54 Å². The lowest BCUT2D eigenvalue weighted by Gasteiger charge is -2.13. The fraction of sp³-hybridized carbons (Fsp3) is 0.333. The van der Waals surface area contributed by atoms with E-state index >= 15 is 0 Å². The molecule has 2 N–H and O–H groups in total. The van der Waals surface area contributed by atoms with E-state index in [0.29, 0.717) is 0 Å². The monoisotopic (exact) mass is 189 g/mol. The Morgan fingerprint density at radius 1 is 1.23 bits per heavy atom. The second-order valence-electron chi connectivity index (χ2n) is 2.83. The van der Waals surface area contributed by atoms with Gasteiger partial charge in [-0.05, 0) is 11.6 Å². The van der Waals surface area contributed by atoms with Crippen LogP contribution in [0, 0.1) is 5.82 Å². The molecular weight excluding hydrogens is 179 g/mol. The Morgan fingerprint density at radius 2 is 1.85 bits per heavy atom. The van der Waals surface area contributed by atoms with Crippen LogP contribution in [0.1, 0.15) is 5.56 Å². The third-order valence-corrected chi connectivity index (χ3v) is 1.71. The molecule has 0 heterocycles. The van der Waals surface area contributed by atoms with Crippen LogP contribution in [0.4, 0.5) is 13.2 Å². The van der Waals surface area contributed by atoms with Crippen molar-refractivity contribution in [3.05, 3.63) is 35.6 Å². The first-order valence-corrected chi connectivity index (χ1v) is 3.86. The third-order valence-electron chi connectivity index (χ3n) is 1.71. The Morgan fingerprint density at radius 3 is 2.38 bits per heavy atom. The van der Waals surface area contributed by atoms with Crippen LogP contribution in [0.3, 0.4) is 0 Å². The lowest BCUT2D eigenvalue weighted by Crippen LogP contribution is -2.30. The van der Waals surface area contributed by atoms with E-state index < -0.39 is 24.7 Å². The van der Waals surface area contributed by atoms with Crippen molar-refractivity contribution in [2.45, 2.75) is 12.3 Å². The predicted octanol–water partition coefficient (Wildman–Crippen LogP) is 1.96. The number of benzene rings is 1. The molecule has 72 valence electrons. The molecule has 1 nitrogen and oxygen atoms in total. The molecular formula is C9H10F3N. The van der Waals surface area contributed by atoms with Crippen LogP contribution in [-0.2, 0) is 6.42 Å². The van der Waals surface area contributed by atoms with Gasteiger partial charge in [-0.25, -0.2) is 13.2 Å². The van der Waals surface area contributed by atoms with Crippen molar-refractivity contribution < 1.29 is 13.2 Å². The summed E-state index contributed by atoms with van der Waals surface area (Å²) >= 11 is 0. The Bertz CT molecular complexity index is 286. The second kappa shape index (κ2) is 3.79. The summed E-state index contributed by atoms with van der Waals surface area (Å²) in [6.45, 7) is -0.763. The van der Waals surface area contributed by atoms with Crippen LogP contribution in [-0.4, -0.2) is 12.5 Å². The second-order valence-corrected chi connectivity index (χ2v) is 2.83. The van der Waals surface area contributed by atoms with Crippen molar-refractivity contribution in [1.82, 2.24) is 0 Å². The van der Waals surface area contributed by atoms with Crippen LogP contribution in [0.25, 0.3) is 0 Å². The highest BCUT2D eigenvalue weighted by molar-refractivity contribution is 5.18. The molecule has 1 aromatic carbocycles. The number of alkyl halides is 2. The molecule has 1 rings (SSSR count). The number of hydrogen-bond acceptors (Lipinski definition) is 1. The highest BCUT2D eigenvalue weighted by atomic mass is 19.3. The molecule has 4 heteroatoms. The minimum Gasteiger partial charge on any atom is -0.325 e. The van der Waals surface area contributed by atoms with Crippen molar-refractivity contribution in [2.24, 2.45) is 5.73 Å². The highest BCUT2D eigenvalue weighted by Gasteiger charge is 2.28. The maximum atomic E-state index is 12.9. The first-order valence-electron chi connectivity index (χ1n) is 3.86. The van der Waals surface area contributed by atoms with Crippen LogP contribution in [0.15, 0.2) is 24.3 Å². The fourth-order valence-corrected chi connectivity index (χ4v) is 0.993. The molecule has 0 aromatic heterocycles. The summed E-state index contributed by atoms with van der Waals surface area (Å²) < 4.78 is 38.3. The number of hydrogen-bond donors (Lipinski definition) is 1. The quantitative estimate of drug-likeness (QED) is 0.772. The van der Waals surface area contributed by atoms with Gasteiger partial charge in [-0.2, -0.15) is 0 Å². The van der Waals surface area contributed by atoms with Gasteiger partial charge in [0.1, 0.15) is 5.82 Å². The summed E-state index contributed by atoms with van der Waals surface area (Å²) in [5.41, 5.74) is 4.83. The molecule has 0 amide bonds. The van der Waals surface area contributed by atoms with Crippen molar-refractivity contribution in [3.63, 3.8) is 0 Å². The molecule has 0 aliphatic heterocycles. The molecule has 0 aliphatic carbocycles. The number of rotatable bonds is 3. The van der Waals surface area contributed by atoms with Crippen molar-refractivity contribution >= 4 is 0 Å². The van der Waals surface area contributed by atoms with Gasteiger partial charge in [-0.3, -0.25) is 0 Å².